The number of fused-ring (bicyclic) bond motifs is 3. The van der Waals surface area contributed by atoms with Gasteiger partial charge in [-0.15, -0.1) is 5.73 Å². The van der Waals surface area contributed by atoms with E-state index in [2.05, 4.69) is 58.1 Å². The van der Waals surface area contributed by atoms with Crippen LogP contribution in [0.15, 0.2) is 48.3 Å². The van der Waals surface area contributed by atoms with Crippen molar-refractivity contribution in [3.63, 3.8) is 0 Å². The Morgan fingerprint density at radius 1 is 1.03 bits per heavy atom. The molecule has 3 heterocycles. The second kappa shape index (κ2) is 8.72. The van der Waals surface area contributed by atoms with Crippen LogP contribution in [0.3, 0.4) is 0 Å². The molecule has 4 heteroatoms. The van der Waals surface area contributed by atoms with Gasteiger partial charge in [-0.3, -0.25) is 0 Å². The Morgan fingerprint density at radius 3 is 2.60 bits per heavy atom. The average molecular weight is 407 g/mol. The first-order valence-electron chi connectivity index (χ1n) is 11.8. The van der Waals surface area contributed by atoms with Gasteiger partial charge in [-0.1, -0.05) is 30.3 Å². The molecule has 4 aliphatic rings. The van der Waals surface area contributed by atoms with E-state index in [4.69, 9.17) is 0 Å². The lowest BCUT2D eigenvalue weighted by Gasteiger charge is -2.41. The van der Waals surface area contributed by atoms with E-state index in [1.807, 2.05) is 0 Å². The molecule has 3 aliphatic heterocycles. The van der Waals surface area contributed by atoms with Gasteiger partial charge in [-0.2, -0.15) is 0 Å². The maximum Gasteiger partial charge on any atom is 0.0623 e. The van der Waals surface area contributed by atoms with Gasteiger partial charge in [0.05, 0.1) is 18.2 Å². The van der Waals surface area contributed by atoms with Gasteiger partial charge in [0.15, 0.2) is 0 Å². The lowest BCUT2D eigenvalue weighted by molar-refractivity contribution is 0.0151. The highest BCUT2D eigenvalue weighted by atomic mass is 16.3. The number of hydrogen-bond acceptors (Lipinski definition) is 4. The van der Waals surface area contributed by atoms with E-state index in [0.29, 0.717) is 12.0 Å². The van der Waals surface area contributed by atoms with Crippen LogP contribution in [0.4, 0.5) is 0 Å². The highest BCUT2D eigenvalue weighted by Crippen LogP contribution is 2.45. The summed E-state index contributed by atoms with van der Waals surface area (Å²) in [6, 6.07) is 9.48. The van der Waals surface area contributed by atoms with Crippen LogP contribution in [0.5, 0.6) is 0 Å². The quantitative estimate of drug-likeness (QED) is 0.735. The first-order valence-corrected chi connectivity index (χ1v) is 11.8. The summed E-state index contributed by atoms with van der Waals surface area (Å²) in [7, 11) is 0. The molecule has 1 saturated carbocycles. The van der Waals surface area contributed by atoms with Crippen LogP contribution in [-0.2, 0) is 0 Å². The first kappa shape index (κ1) is 20.1. The lowest BCUT2D eigenvalue weighted by Crippen LogP contribution is -2.45. The molecule has 5 rings (SSSR count). The number of piperidine rings is 1. The second-order valence-corrected chi connectivity index (χ2v) is 9.47. The topological polar surface area (TPSA) is 46.9 Å². The number of aliphatic hydroxyl groups is 2. The molecule has 0 aromatic heterocycles. The Balaban J connectivity index is 1.23. The molecule has 4 nitrogen and oxygen atoms in total. The third kappa shape index (κ3) is 3.90. The number of hydrogen-bond donors (Lipinski definition) is 2. The molecule has 160 valence electrons. The smallest absolute Gasteiger partial charge is 0.0623 e. The third-order valence-corrected chi connectivity index (χ3v) is 7.74. The summed E-state index contributed by atoms with van der Waals surface area (Å²) >= 11 is 0. The van der Waals surface area contributed by atoms with Crippen molar-refractivity contribution in [1.29, 1.82) is 0 Å². The summed E-state index contributed by atoms with van der Waals surface area (Å²) in [6.07, 6.45) is 14.0. The summed E-state index contributed by atoms with van der Waals surface area (Å²) in [4.78, 5) is 4.93. The van der Waals surface area contributed by atoms with E-state index in [9.17, 15) is 10.2 Å². The fraction of sp³-hybridized carbons (Fsp3) is 0.577. The van der Waals surface area contributed by atoms with Crippen molar-refractivity contribution in [3.8, 4) is 0 Å². The fourth-order valence-electron chi connectivity index (χ4n) is 5.98. The molecule has 0 spiro atoms. The van der Waals surface area contributed by atoms with Crippen LogP contribution >= 0.6 is 0 Å². The van der Waals surface area contributed by atoms with Crippen molar-refractivity contribution >= 4 is 5.70 Å². The molecule has 2 atom stereocenters. The molecule has 2 fully saturated rings. The minimum Gasteiger partial charge on any atom is -0.393 e. The number of likely N-dealkylation sites (tertiary alicyclic amines) is 1. The molecule has 2 unspecified atom stereocenters. The summed E-state index contributed by atoms with van der Waals surface area (Å²) < 4.78 is 0. The Morgan fingerprint density at radius 2 is 1.80 bits per heavy atom. The van der Waals surface area contributed by atoms with Crippen molar-refractivity contribution in [1.82, 2.24) is 9.80 Å². The SMILES string of the molecule is OC1CCC(N2CCC(C(O)CC3c4ccccc4C4=CCC=C=CN43)CC2)CC1. The van der Waals surface area contributed by atoms with E-state index < -0.39 is 0 Å². The molecule has 1 aromatic rings. The monoisotopic (exact) mass is 406 g/mol. The van der Waals surface area contributed by atoms with E-state index in [1.54, 1.807) is 0 Å². The largest absolute Gasteiger partial charge is 0.393 e. The zero-order valence-corrected chi connectivity index (χ0v) is 17.8. The van der Waals surface area contributed by atoms with E-state index in [1.165, 1.54) is 16.8 Å². The fourth-order valence-corrected chi connectivity index (χ4v) is 5.98. The Hall–Kier alpha value is -1.84. The van der Waals surface area contributed by atoms with Crippen LogP contribution in [0.1, 0.15) is 68.5 Å². The zero-order valence-electron chi connectivity index (χ0n) is 17.8. The van der Waals surface area contributed by atoms with Gasteiger partial charge in [0.2, 0.25) is 0 Å². The van der Waals surface area contributed by atoms with Crippen molar-refractivity contribution in [2.45, 2.75) is 75.7 Å². The molecule has 0 radical (unpaired) electrons. The van der Waals surface area contributed by atoms with E-state index in [0.717, 1.165) is 64.5 Å². The highest BCUT2D eigenvalue weighted by Gasteiger charge is 2.37. The van der Waals surface area contributed by atoms with Crippen molar-refractivity contribution in [2.24, 2.45) is 5.92 Å². The molecule has 1 aliphatic carbocycles. The number of rotatable bonds is 4. The summed E-state index contributed by atoms with van der Waals surface area (Å²) in [5.74, 6) is 0.377. The molecule has 1 aromatic carbocycles. The predicted octanol–water partition coefficient (Wildman–Crippen LogP) is 4.22. The van der Waals surface area contributed by atoms with Crippen molar-refractivity contribution in [3.05, 3.63) is 59.5 Å². The number of aliphatic hydroxyl groups excluding tert-OH is 2. The maximum atomic E-state index is 11.2. The zero-order chi connectivity index (χ0) is 20.5. The van der Waals surface area contributed by atoms with Gasteiger partial charge in [-0.25, -0.2) is 0 Å². The van der Waals surface area contributed by atoms with E-state index in [-0.39, 0.29) is 18.2 Å². The minimum atomic E-state index is -0.279. The van der Waals surface area contributed by atoms with Crippen molar-refractivity contribution in [2.75, 3.05) is 13.1 Å². The number of nitrogens with zero attached hydrogens (tertiary/aromatic N) is 2. The summed E-state index contributed by atoms with van der Waals surface area (Å²) in [5.41, 5.74) is 7.20. The van der Waals surface area contributed by atoms with Gasteiger partial charge in [0.25, 0.3) is 0 Å². The Kier molecular flexibility index (Phi) is 5.84. The molecule has 1 saturated heterocycles. The molecular formula is C26H34N2O2. The van der Waals surface area contributed by atoms with Crippen LogP contribution in [0.25, 0.3) is 5.70 Å². The van der Waals surface area contributed by atoms with E-state index >= 15 is 0 Å². The second-order valence-electron chi connectivity index (χ2n) is 9.47. The van der Waals surface area contributed by atoms with Crippen LogP contribution in [0.2, 0.25) is 0 Å². The van der Waals surface area contributed by atoms with Gasteiger partial charge < -0.3 is 20.0 Å². The molecule has 0 bridgehead atoms. The first-order chi connectivity index (χ1) is 14.7. The van der Waals surface area contributed by atoms with Crippen LogP contribution in [0, 0.1) is 5.92 Å². The summed E-state index contributed by atoms with van der Waals surface area (Å²) in [6.45, 7) is 2.17. The maximum absolute atomic E-state index is 11.2. The van der Waals surface area contributed by atoms with Gasteiger partial charge in [0.1, 0.15) is 0 Å². The Labute approximate surface area is 180 Å². The minimum absolute atomic E-state index is 0.0864. The normalized spacial score (nSPS) is 30.5. The third-order valence-electron chi connectivity index (χ3n) is 7.74. The number of benzene rings is 1. The van der Waals surface area contributed by atoms with Gasteiger partial charge >= 0.3 is 0 Å². The van der Waals surface area contributed by atoms with Crippen LogP contribution in [-0.4, -0.2) is 51.4 Å². The van der Waals surface area contributed by atoms with Gasteiger partial charge in [0, 0.05) is 23.5 Å². The number of allylic oxidation sites excluding steroid dienone is 2. The molecule has 0 amide bonds. The molecule has 2 N–H and O–H groups in total. The predicted molar refractivity (Wildman–Crippen MR) is 119 cm³/mol. The highest BCUT2D eigenvalue weighted by molar-refractivity contribution is 5.73. The summed E-state index contributed by atoms with van der Waals surface area (Å²) in [5, 5.41) is 21.0. The molecule has 30 heavy (non-hydrogen) atoms. The lowest BCUT2D eigenvalue weighted by atomic mass is 9.84. The standard InChI is InChI=1S/C26H34N2O2/c29-21-11-9-20(10-12-21)27-16-13-19(14-17-27)26(30)18-25-23-7-4-3-6-22(23)24-8-2-1-5-15-28(24)25/h1,3-4,6-8,15,19-21,25-26,29-30H,2,9-14,16-18H2. The Bertz CT molecular complexity index is 840. The van der Waals surface area contributed by atoms with Crippen LogP contribution < -0.4 is 0 Å². The average Bonchev–Trinajstić information content (AvgIpc) is 2.93. The molecular weight excluding hydrogens is 372 g/mol. The van der Waals surface area contributed by atoms with Gasteiger partial charge in [-0.05, 0) is 82.0 Å². The van der Waals surface area contributed by atoms with Crippen molar-refractivity contribution < 1.29 is 10.2 Å².